The molecule has 0 amide bonds. The fourth-order valence-corrected chi connectivity index (χ4v) is 2.09. The normalized spacial score (nSPS) is 16.4. The lowest BCUT2D eigenvalue weighted by molar-refractivity contribution is 0.649. The fourth-order valence-electron chi connectivity index (χ4n) is 1.81. The third kappa shape index (κ3) is 1.23. The van der Waals surface area contributed by atoms with Crippen molar-refractivity contribution in [3.63, 3.8) is 0 Å². The van der Waals surface area contributed by atoms with Gasteiger partial charge in [0, 0.05) is 16.6 Å². The summed E-state index contributed by atoms with van der Waals surface area (Å²) in [6.07, 6.45) is 4.63. The van der Waals surface area contributed by atoms with E-state index in [2.05, 4.69) is 23.8 Å². The second kappa shape index (κ2) is 2.77. The summed E-state index contributed by atoms with van der Waals surface area (Å²) in [5.41, 5.74) is 2.24. The standard InChI is InChI=1S/C10H10BClN2/c11-9-4-7(12)3-6-5-14(8-1-2-8)13-10(6)9/h3-5,8H,1-2,11H2. The van der Waals surface area contributed by atoms with Crippen LogP contribution in [0.4, 0.5) is 0 Å². The van der Waals surface area contributed by atoms with Crippen LogP contribution >= 0.6 is 11.6 Å². The molecule has 0 N–H and O–H groups in total. The maximum atomic E-state index is 5.99. The van der Waals surface area contributed by atoms with Crippen LogP contribution in [0.1, 0.15) is 18.9 Å². The summed E-state index contributed by atoms with van der Waals surface area (Å²) >= 11 is 5.99. The van der Waals surface area contributed by atoms with E-state index in [1.165, 1.54) is 12.8 Å². The van der Waals surface area contributed by atoms with Crippen LogP contribution in [0.2, 0.25) is 5.02 Å². The predicted octanol–water partition coefficient (Wildman–Crippen LogP) is 1.28. The van der Waals surface area contributed by atoms with Gasteiger partial charge >= 0.3 is 0 Å². The second-order valence-electron chi connectivity index (χ2n) is 4.00. The Morgan fingerprint density at radius 3 is 2.93 bits per heavy atom. The summed E-state index contributed by atoms with van der Waals surface area (Å²) in [4.78, 5) is 0. The summed E-state index contributed by atoms with van der Waals surface area (Å²) in [6.45, 7) is 0. The summed E-state index contributed by atoms with van der Waals surface area (Å²) in [5.74, 6) is 0. The third-order valence-electron chi connectivity index (χ3n) is 2.70. The van der Waals surface area contributed by atoms with Gasteiger partial charge in [0.15, 0.2) is 0 Å². The van der Waals surface area contributed by atoms with E-state index in [4.69, 9.17) is 11.6 Å². The molecule has 0 spiro atoms. The first-order chi connectivity index (χ1) is 6.74. The largest absolute Gasteiger partial charge is 0.268 e. The van der Waals surface area contributed by atoms with E-state index in [0.29, 0.717) is 6.04 Å². The number of fused-ring (bicyclic) bond motifs is 1. The van der Waals surface area contributed by atoms with Gasteiger partial charge in [0.05, 0.1) is 11.6 Å². The Bertz CT molecular complexity index is 502. The van der Waals surface area contributed by atoms with Gasteiger partial charge in [0.2, 0.25) is 0 Å². The van der Waals surface area contributed by atoms with E-state index in [9.17, 15) is 0 Å². The highest BCUT2D eigenvalue weighted by Crippen LogP contribution is 2.35. The smallest absolute Gasteiger partial charge is 0.142 e. The van der Waals surface area contributed by atoms with Crippen LogP contribution in [-0.2, 0) is 0 Å². The zero-order chi connectivity index (χ0) is 9.71. The van der Waals surface area contributed by atoms with Gasteiger partial charge in [0.25, 0.3) is 0 Å². The van der Waals surface area contributed by atoms with Crippen LogP contribution < -0.4 is 5.46 Å². The molecule has 1 aliphatic carbocycles. The van der Waals surface area contributed by atoms with Crippen LogP contribution in [0, 0.1) is 0 Å². The Morgan fingerprint density at radius 1 is 1.43 bits per heavy atom. The molecule has 0 atom stereocenters. The molecule has 3 rings (SSSR count). The molecule has 0 aliphatic heterocycles. The Labute approximate surface area is 88.3 Å². The summed E-state index contributed by atoms with van der Waals surface area (Å²) < 4.78 is 2.08. The minimum Gasteiger partial charge on any atom is -0.268 e. The average molecular weight is 204 g/mol. The Hall–Kier alpha value is -0.955. The topological polar surface area (TPSA) is 17.8 Å². The number of aromatic nitrogens is 2. The van der Waals surface area contributed by atoms with Crippen molar-refractivity contribution in [2.24, 2.45) is 0 Å². The first-order valence-corrected chi connectivity index (χ1v) is 5.27. The average Bonchev–Trinajstić information content (AvgIpc) is 2.87. The van der Waals surface area contributed by atoms with Crippen molar-refractivity contribution in [1.29, 1.82) is 0 Å². The van der Waals surface area contributed by atoms with E-state index in [1.54, 1.807) is 0 Å². The molecule has 2 nitrogen and oxygen atoms in total. The van der Waals surface area contributed by atoms with Gasteiger partial charge in [-0.25, -0.2) is 0 Å². The molecule has 1 heterocycles. The Balaban J connectivity index is 2.26. The van der Waals surface area contributed by atoms with Crippen LogP contribution in [-0.4, -0.2) is 17.6 Å². The van der Waals surface area contributed by atoms with Crippen molar-refractivity contribution in [3.8, 4) is 0 Å². The SMILES string of the molecule is Bc1cc(Cl)cc2cn(C3CC3)nc12. The highest BCUT2D eigenvalue weighted by molar-refractivity contribution is 6.41. The Morgan fingerprint density at radius 2 is 2.21 bits per heavy atom. The van der Waals surface area contributed by atoms with Crippen LogP contribution in [0.25, 0.3) is 10.9 Å². The highest BCUT2D eigenvalue weighted by Gasteiger charge is 2.24. The molecule has 2 aromatic rings. The minimum atomic E-state index is 0.639. The van der Waals surface area contributed by atoms with Gasteiger partial charge in [-0.1, -0.05) is 17.1 Å². The molecule has 1 saturated carbocycles. The van der Waals surface area contributed by atoms with Crippen molar-refractivity contribution in [2.45, 2.75) is 18.9 Å². The second-order valence-corrected chi connectivity index (χ2v) is 4.44. The predicted molar refractivity (Wildman–Crippen MR) is 61.2 cm³/mol. The first kappa shape index (κ1) is 8.36. The number of hydrogen-bond donors (Lipinski definition) is 0. The molecular formula is C10H10BClN2. The number of rotatable bonds is 1. The molecule has 4 heteroatoms. The molecule has 1 aliphatic rings. The molecule has 1 fully saturated rings. The molecule has 0 unspecified atom stereocenters. The van der Waals surface area contributed by atoms with Gasteiger partial charge < -0.3 is 0 Å². The summed E-state index contributed by atoms with van der Waals surface area (Å²) in [6, 6.07) is 4.59. The van der Waals surface area contributed by atoms with Gasteiger partial charge in [0.1, 0.15) is 7.85 Å². The van der Waals surface area contributed by atoms with E-state index in [0.717, 1.165) is 21.4 Å². The maximum absolute atomic E-state index is 5.99. The first-order valence-electron chi connectivity index (χ1n) is 4.89. The monoisotopic (exact) mass is 204 g/mol. The van der Waals surface area contributed by atoms with Crippen molar-refractivity contribution in [2.75, 3.05) is 0 Å². The maximum Gasteiger partial charge on any atom is 0.142 e. The quantitative estimate of drug-likeness (QED) is 0.640. The molecule has 1 aromatic heterocycles. The highest BCUT2D eigenvalue weighted by atomic mass is 35.5. The molecule has 14 heavy (non-hydrogen) atoms. The van der Waals surface area contributed by atoms with Gasteiger partial charge in [-0.2, -0.15) is 5.10 Å². The fraction of sp³-hybridized carbons (Fsp3) is 0.300. The lowest BCUT2D eigenvalue weighted by atomic mass is 9.94. The number of nitrogens with zero attached hydrogens (tertiary/aromatic N) is 2. The van der Waals surface area contributed by atoms with Crippen LogP contribution in [0.5, 0.6) is 0 Å². The molecule has 0 radical (unpaired) electrons. The molecule has 1 aromatic carbocycles. The van der Waals surface area contributed by atoms with E-state index >= 15 is 0 Å². The number of halogens is 1. The van der Waals surface area contributed by atoms with Crippen molar-refractivity contribution < 1.29 is 0 Å². The van der Waals surface area contributed by atoms with Crippen molar-refractivity contribution in [1.82, 2.24) is 9.78 Å². The summed E-state index contributed by atoms with van der Waals surface area (Å²) in [5, 5.41) is 6.52. The van der Waals surface area contributed by atoms with E-state index in [1.807, 2.05) is 12.1 Å². The van der Waals surface area contributed by atoms with Gasteiger partial charge in [-0.05, 0) is 25.0 Å². The number of benzene rings is 1. The number of hydrogen-bond acceptors (Lipinski definition) is 1. The van der Waals surface area contributed by atoms with Crippen LogP contribution in [0.15, 0.2) is 18.3 Å². The van der Waals surface area contributed by atoms with E-state index in [-0.39, 0.29) is 0 Å². The zero-order valence-corrected chi connectivity index (χ0v) is 8.75. The van der Waals surface area contributed by atoms with E-state index < -0.39 is 0 Å². The lowest BCUT2D eigenvalue weighted by Gasteiger charge is -1.95. The zero-order valence-electron chi connectivity index (χ0n) is 8.00. The van der Waals surface area contributed by atoms with Crippen molar-refractivity contribution in [3.05, 3.63) is 23.4 Å². The van der Waals surface area contributed by atoms with Gasteiger partial charge in [-0.3, -0.25) is 4.68 Å². The molecule has 70 valence electrons. The lowest BCUT2D eigenvalue weighted by Crippen LogP contribution is -2.04. The van der Waals surface area contributed by atoms with Crippen molar-refractivity contribution >= 4 is 35.8 Å². The minimum absolute atomic E-state index is 0.639. The summed E-state index contributed by atoms with van der Waals surface area (Å²) in [7, 11) is 2.05. The van der Waals surface area contributed by atoms with Crippen LogP contribution in [0.3, 0.4) is 0 Å². The Kier molecular flexibility index (Phi) is 1.65. The molecular weight excluding hydrogens is 194 g/mol. The van der Waals surface area contributed by atoms with Gasteiger partial charge in [-0.15, -0.1) is 0 Å². The third-order valence-corrected chi connectivity index (χ3v) is 2.92. The molecule has 0 saturated heterocycles. The molecule has 0 bridgehead atoms.